The molecular formula is C9H16N2O. The molecule has 3 nitrogen and oxygen atoms in total. The van der Waals surface area contributed by atoms with Crippen molar-refractivity contribution in [1.29, 1.82) is 5.41 Å². The average molecular weight is 168 g/mol. The Morgan fingerprint density at radius 3 is 2.50 bits per heavy atom. The summed E-state index contributed by atoms with van der Waals surface area (Å²) in [5.41, 5.74) is 1.05. The molecule has 0 saturated carbocycles. The number of hydrogen-bond acceptors (Lipinski definition) is 3. The lowest BCUT2D eigenvalue weighted by molar-refractivity contribution is 0.403. The first-order valence-corrected chi connectivity index (χ1v) is 3.91. The molecular weight excluding hydrogens is 152 g/mol. The van der Waals surface area contributed by atoms with Crippen molar-refractivity contribution in [3.63, 3.8) is 0 Å². The van der Waals surface area contributed by atoms with Crippen molar-refractivity contribution in [3.05, 3.63) is 12.3 Å². The van der Waals surface area contributed by atoms with Crippen LogP contribution in [0.3, 0.4) is 0 Å². The highest BCUT2D eigenvalue weighted by molar-refractivity contribution is 5.87. The van der Waals surface area contributed by atoms with Gasteiger partial charge in [-0.15, -0.1) is 0 Å². The van der Waals surface area contributed by atoms with Crippen molar-refractivity contribution in [2.75, 3.05) is 7.11 Å². The fourth-order valence-electron chi connectivity index (χ4n) is 0.440. The van der Waals surface area contributed by atoms with E-state index in [1.165, 1.54) is 13.2 Å². The summed E-state index contributed by atoms with van der Waals surface area (Å²) < 4.78 is 4.62. The number of hydrogen-bond donors (Lipinski definition) is 1. The molecule has 0 aliphatic heterocycles. The van der Waals surface area contributed by atoms with E-state index >= 15 is 0 Å². The topological polar surface area (TPSA) is 45.4 Å². The molecule has 0 amide bonds. The fourth-order valence-corrected chi connectivity index (χ4v) is 0.440. The molecule has 0 spiro atoms. The van der Waals surface area contributed by atoms with Crippen LogP contribution in [-0.4, -0.2) is 18.7 Å². The maximum atomic E-state index is 7.11. The van der Waals surface area contributed by atoms with Crippen LogP contribution in [0.1, 0.15) is 20.8 Å². The number of methoxy groups -OCH3 is 1. The second-order valence-corrected chi connectivity index (χ2v) is 2.81. The first kappa shape index (κ1) is 10.9. The monoisotopic (exact) mass is 168 g/mol. The third-order valence-electron chi connectivity index (χ3n) is 1.56. The molecule has 0 aliphatic carbocycles. The molecule has 0 aromatic carbocycles. The van der Waals surface area contributed by atoms with Crippen LogP contribution in [0.5, 0.6) is 0 Å². The minimum atomic E-state index is 0.121. The van der Waals surface area contributed by atoms with Crippen LogP contribution in [-0.2, 0) is 4.74 Å². The molecule has 0 aromatic rings. The summed E-state index contributed by atoms with van der Waals surface area (Å²) in [7, 11) is 1.46. The van der Waals surface area contributed by atoms with E-state index in [9.17, 15) is 0 Å². The fraction of sp³-hybridized carbons (Fsp3) is 0.556. The molecule has 1 N–H and O–H groups in total. The van der Waals surface area contributed by atoms with E-state index in [2.05, 4.69) is 23.6 Å². The summed E-state index contributed by atoms with van der Waals surface area (Å²) in [6.07, 6.45) is 3.10. The summed E-state index contributed by atoms with van der Waals surface area (Å²) in [6, 6.07) is 0. The SMILES string of the molecule is COC(=N)/C=C\N=C(C)C(C)C. The lowest BCUT2D eigenvalue weighted by Crippen LogP contribution is -2.00. The van der Waals surface area contributed by atoms with Gasteiger partial charge in [0.15, 0.2) is 0 Å². The molecule has 0 radical (unpaired) electrons. The second kappa shape index (κ2) is 5.52. The lowest BCUT2D eigenvalue weighted by Gasteiger charge is -2.00. The predicted molar refractivity (Wildman–Crippen MR) is 51.8 cm³/mol. The zero-order valence-corrected chi connectivity index (χ0v) is 8.09. The first-order valence-electron chi connectivity index (χ1n) is 3.91. The summed E-state index contributed by atoms with van der Waals surface area (Å²) in [4.78, 5) is 4.13. The van der Waals surface area contributed by atoms with Crippen molar-refractivity contribution in [3.8, 4) is 0 Å². The van der Waals surface area contributed by atoms with E-state index in [1.54, 1.807) is 6.20 Å². The Kier molecular flexibility index (Phi) is 5.00. The van der Waals surface area contributed by atoms with Gasteiger partial charge in [0.2, 0.25) is 5.90 Å². The van der Waals surface area contributed by atoms with Crippen molar-refractivity contribution < 1.29 is 4.74 Å². The van der Waals surface area contributed by atoms with E-state index < -0.39 is 0 Å². The first-order chi connectivity index (χ1) is 5.57. The Morgan fingerprint density at radius 2 is 2.08 bits per heavy atom. The van der Waals surface area contributed by atoms with Gasteiger partial charge < -0.3 is 4.74 Å². The molecule has 0 aromatic heterocycles. The van der Waals surface area contributed by atoms with Crippen LogP contribution in [0.4, 0.5) is 0 Å². The zero-order valence-electron chi connectivity index (χ0n) is 8.09. The van der Waals surface area contributed by atoms with E-state index in [0.717, 1.165) is 5.71 Å². The smallest absolute Gasteiger partial charge is 0.206 e. The highest BCUT2D eigenvalue weighted by Gasteiger charge is 1.94. The summed E-state index contributed by atoms with van der Waals surface area (Å²) in [5.74, 6) is 0.571. The highest BCUT2D eigenvalue weighted by atomic mass is 16.5. The Balaban J connectivity index is 4.03. The maximum Gasteiger partial charge on any atom is 0.206 e. The van der Waals surface area contributed by atoms with Gasteiger partial charge in [0.25, 0.3) is 0 Å². The average Bonchev–Trinajstić information content (AvgIpc) is 2.03. The standard InChI is InChI=1S/C9H16N2O/c1-7(2)8(3)11-6-5-9(10)12-4/h5-7,10H,1-4H3/b6-5-,10-9?,11-8?. The van der Waals surface area contributed by atoms with Crippen LogP contribution in [0, 0.1) is 11.3 Å². The number of ether oxygens (including phenoxy) is 1. The molecule has 0 aliphatic rings. The molecule has 0 bridgehead atoms. The van der Waals surface area contributed by atoms with E-state index in [1.807, 2.05) is 6.92 Å². The molecule has 0 fully saturated rings. The molecule has 0 unspecified atom stereocenters. The summed E-state index contributed by atoms with van der Waals surface area (Å²) in [6.45, 7) is 6.12. The van der Waals surface area contributed by atoms with Gasteiger partial charge in [-0.2, -0.15) is 0 Å². The summed E-state index contributed by atoms with van der Waals surface area (Å²) >= 11 is 0. The minimum Gasteiger partial charge on any atom is -0.481 e. The van der Waals surface area contributed by atoms with Gasteiger partial charge in [0.1, 0.15) is 0 Å². The number of nitrogens with one attached hydrogen (secondary N) is 1. The van der Waals surface area contributed by atoms with Crippen molar-refractivity contribution in [2.24, 2.45) is 10.9 Å². The Morgan fingerprint density at radius 1 is 1.50 bits per heavy atom. The molecule has 0 rings (SSSR count). The normalized spacial score (nSPS) is 12.6. The van der Waals surface area contributed by atoms with Gasteiger partial charge in [-0.25, -0.2) is 0 Å². The van der Waals surface area contributed by atoms with Crippen molar-refractivity contribution >= 4 is 11.6 Å². The van der Waals surface area contributed by atoms with Gasteiger partial charge in [-0.3, -0.25) is 10.4 Å². The Bertz CT molecular complexity index is 205. The van der Waals surface area contributed by atoms with Gasteiger partial charge in [0.05, 0.1) is 7.11 Å². The van der Waals surface area contributed by atoms with Crippen LogP contribution >= 0.6 is 0 Å². The largest absolute Gasteiger partial charge is 0.481 e. The number of nitrogens with zero attached hydrogens (tertiary/aromatic N) is 1. The van der Waals surface area contributed by atoms with Gasteiger partial charge in [-0.05, 0) is 12.8 Å². The third kappa shape index (κ3) is 4.66. The maximum absolute atomic E-state index is 7.11. The highest BCUT2D eigenvalue weighted by Crippen LogP contribution is 1.96. The van der Waals surface area contributed by atoms with Crippen LogP contribution in [0.15, 0.2) is 17.3 Å². The lowest BCUT2D eigenvalue weighted by atomic mass is 10.1. The molecule has 12 heavy (non-hydrogen) atoms. The molecule has 0 atom stereocenters. The van der Waals surface area contributed by atoms with Crippen LogP contribution in [0.25, 0.3) is 0 Å². The van der Waals surface area contributed by atoms with Crippen molar-refractivity contribution in [2.45, 2.75) is 20.8 Å². The van der Waals surface area contributed by atoms with Gasteiger partial charge in [0, 0.05) is 18.0 Å². The van der Waals surface area contributed by atoms with Crippen LogP contribution < -0.4 is 0 Å². The minimum absolute atomic E-state index is 0.121. The molecule has 3 heteroatoms. The zero-order chi connectivity index (χ0) is 9.56. The van der Waals surface area contributed by atoms with Crippen molar-refractivity contribution in [1.82, 2.24) is 0 Å². The molecule has 0 saturated heterocycles. The Hall–Kier alpha value is -1.12. The van der Waals surface area contributed by atoms with E-state index in [4.69, 9.17) is 5.41 Å². The van der Waals surface area contributed by atoms with Gasteiger partial charge >= 0.3 is 0 Å². The molecule has 68 valence electrons. The third-order valence-corrected chi connectivity index (χ3v) is 1.56. The quantitative estimate of drug-likeness (QED) is 0.509. The van der Waals surface area contributed by atoms with Gasteiger partial charge in [-0.1, -0.05) is 13.8 Å². The van der Waals surface area contributed by atoms with Crippen LogP contribution in [0.2, 0.25) is 0 Å². The summed E-state index contributed by atoms with van der Waals surface area (Å²) in [5, 5.41) is 7.11. The van der Waals surface area contributed by atoms with E-state index in [0.29, 0.717) is 5.92 Å². The number of aliphatic imine (C=N–C) groups is 1. The predicted octanol–water partition coefficient (Wildman–Crippen LogP) is 2.24. The van der Waals surface area contributed by atoms with E-state index in [-0.39, 0.29) is 5.90 Å². The second-order valence-electron chi connectivity index (χ2n) is 2.81. The molecule has 0 heterocycles. The number of rotatable bonds is 3. The Labute approximate surface area is 73.7 Å².